The maximum Gasteiger partial charge on any atom is 0.244 e. The summed E-state index contributed by atoms with van der Waals surface area (Å²) in [7, 11) is -3.64. The minimum Gasteiger partial charge on any atom is -0.396 e. The Kier molecular flexibility index (Phi) is 5.05. The van der Waals surface area contributed by atoms with Crippen LogP contribution in [-0.4, -0.2) is 34.9 Å². The van der Waals surface area contributed by atoms with E-state index < -0.39 is 10.0 Å². The first-order valence-electron chi connectivity index (χ1n) is 6.58. The number of pyridine rings is 1. The second-order valence-electron chi connectivity index (χ2n) is 4.65. The Hall–Kier alpha value is -1.77. The normalized spacial score (nSPS) is 13.2. The number of rotatable bonds is 7. The van der Waals surface area contributed by atoms with Gasteiger partial charge < -0.3 is 5.11 Å². The van der Waals surface area contributed by atoms with Gasteiger partial charge in [-0.1, -0.05) is 6.07 Å². The lowest BCUT2D eigenvalue weighted by molar-refractivity contribution is 0.277. The molecule has 0 radical (unpaired) electrons. The van der Waals surface area contributed by atoms with Crippen LogP contribution < -0.4 is 4.72 Å². The molecule has 0 aliphatic heterocycles. The third kappa shape index (κ3) is 4.10. The Balaban J connectivity index is 2.09. The molecule has 0 saturated carbocycles. The van der Waals surface area contributed by atoms with E-state index in [-0.39, 0.29) is 17.5 Å². The molecule has 114 valence electrons. The molecule has 0 saturated heterocycles. The van der Waals surface area contributed by atoms with E-state index in [1.807, 2.05) is 6.07 Å². The summed E-state index contributed by atoms with van der Waals surface area (Å²) in [6.07, 6.45) is 6.54. The van der Waals surface area contributed by atoms with Crippen LogP contribution in [0.15, 0.2) is 41.8 Å². The van der Waals surface area contributed by atoms with Crippen molar-refractivity contribution in [2.75, 3.05) is 6.61 Å². The summed E-state index contributed by atoms with van der Waals surface area (Å²) in [5.74, 6) is 0. The number of nitrogens with one attached hydrogen (secondary N) is 1. The highest BCUT2D eigenvalue weighted by atomic mass is 32.2. The van der Waals surface area contributed by atoms with Crippen LogP contribution in [0.4, 0.5) is 0 Å². The molecule has 2 heterocycles. The van der Waals surface area contributed by atoms with Crippen molar-refractivity contribution >= 4 is 10.0 Å². The molecule has 7 nitrogen and oxygen atoms in total. The molecule has 2 aromatic heterocycles. The SMILES string of the molecule is CC(NS(=O)(=O)c1cnn(CCCO)c1)c1cccnc1. The van der Waals surface area contributed by atoms with Crippen molar-refractivity contribution in [3.05, 3.63) is 42.5 Å². The van der Waals surface area contributed by atoms with Gasteiger partial charge in [0.2, 0.25) is 10.0 Å². The lowest BCUT2D eigenvalue weighted by Crippen LogP contribution is -2.26. The predicted molar refractivity (Wildman–Crippen MR) is 76.9 cm³/mol. The van der Waals surface area contributed by atoms with Gasteiger partial charge in [0.05, 0.1) is 6.20 Å². The highest BCUT2D eigenvalue weighted by Crippen LogP contribution is 2.15. The number of aromatic nitrogens is 3. The van der Waals surface area contributed by atoms with Gasteiger partial charge in [0.15, 0.2) is 0 Å². The van der Waals surface area contributed by atoms with Gasteiger partial charge in [-0.25, -0.2) is 13.1 Å². The smallest absolute Gasteiger partial charge is 0.244 e. The minimum atomic E-state index is -3.64. The molecular formula is C13H18N4O3S. The van der Waals surface area contributed by atoms with Gasteiger partial charge >= 0.3 is 0 Å². The molecule has 21 heavy (non-hydrogen) atoms. The zero-order chi connectivity index (χ0) is 15.3. The van der Waals surface area contributed by atoms with Crippen molar-refractivity contribution in [1.82, 2.24) is 19.5 Å². The molecule has 2 aromatic rings. The predicted octanol–water partition coefficient (Wildman–Crippen LogP) is 0.700. The van der Waals surface area contributed by atoms with Crippen LogP contribution in [0.2, 0.25) is 0 Å². The van der Waals surface area contributed by atoms with Crippen LogP contribution >= 0.6 is 0 Å². The Morgan fingerprint density at radius 2 is 2.24 bits per heavy atom. The van der Waals surface area contributed by atoms with Gasteiger partial charge in [-0.2, -0.15) is 5.10 Å². The average molecular weight is 310 g/mol. The molecule has 8 heteroatoms. The van der Waals surface area contributed by atoms with Gasteiger partial charge in [0.25, 0.3) is 0 Å². The van der Waals surface area contributed by atoms with E-state index >= 15 is 0 Å². The fraction of sp³-hybridized carbons (Fsp3) is 0.385. The molecule has 0 spiro atoms. The monoisotopic (exact) mass is 310 g/mol. The van der Waals surface area contributed by atoms with Crippen molar-refractivity contribution in [1.29, 1.82) is 0 Å². The van der Waals surface area contributed by atoms with Crippen LogP contribution in [0, 0.1) is 0 Å². The van der Waals surface area contributed by atoms with Crippen molar-refractivity contribution in [2.45, 2.75) is 30.8 Å². The molecule has 0 aliphatic carbocycles. The molecule has 0 amide bonds. The third-order valence-electron chi connectivity index (χ3n) is 2.98. The van der Waals surface area contributed by atoms with Gasteiger partial charge in [0.1, 0.15) is 4.90 Å². The zero-order valence-electron chi connectivity index (χ0n) is 11.7. The summed E-state index contributed by atoms with van der Waals surface area (Å²) in [4.78, 5) is 4.08. The summed E-state index contributed by atoms with van der Waals surface area (Å²) in [5, 5.41) is 12.7. The first-order valence-corrected chi connectivity index (χ1v) is 8.07. The molecule has 0 aliphatic rings. The summed E-state index contributed by atoms with van der Waals surface area (Å²) in [6, 6.07) is 3.18. The number of aliphatic hydroxyl groups excluding tert-OH is 1. The summed E-state index contributed by atoms with van der Waals surface area (Å²) in [5.41, 5.74) is 0.786. The van der Waals surface area contributed by atoms with Crippen LogP contribution in [0.1, 0.15) is 24.9 Å². The second kappa shape index (κ2) is 6.79. The first kappa shape index (κ1) is 15.6. The van der Waals surface area contributed by atoms with E-state index in [9.17, 15) is 8.42 Å². The summed E-state index contributed by atoms with van der Waals surface area (Å²) < 4.78 is 28.6. The number of sulfonamides is 1. The first-order chi connectivity index (χ1) is 10.0. The molecule has 2 N–H and O–H groups in total. The average Bonchev–Trinajstić information content (AvgIpc) is 2.95. The number of aliphatic hydroxyl groups is 1. The fourth-order valence-corrected chi connectivity index (χ4v) is 3.02. The molecular weight excluding hydrogens is 292 g/mol. The Morgan fingerprint density at radius 3 is 2.90 bits per heavy atom. The highest BCUT2D eigenvalue weighted by molar-refractivity contribution is 7.89. The van der Waals surface area contributed by atoms with Crippen molar-refractivity contribution in [3.8, 4) is 0 Å². The largest absolute Gasteiger partial charge is 0.396 e. The Labute approximate surface area is 123 Å². The molecule has 1 atom stereocenters. The van der Waals surface area contributed by atoms with E-state index in [0.717, 1.165) is 5.56 Å². The van der Waals surface area contributed by atoms with E-state index in [1.165, 1.54) is 17.1 Å². The second-order valence-corrected chi connectivity index (χ2v) is 6.36. The van der Waals surface area contributed by atoms with Crippen LogP contribution in [0.25, 0.3) is 0 Å². The topological polar surface area (TPSA) is 97.1 Å². The standard InChI is InChI=1S/C13H18N4O3S/c1-11(12-4-2-5-14-8-12)16-21(19,20)13-9-15-17(10-13)6-3-7-18/h2,4-5,8-11,16,18H,3,6-7H2,1H3. The molecule has 0 bridgehead atoms. The van der Waals surface area contributed by atoms with Gasteiger partial charge in [0, 0.05) is 37.8 Å². The van der Waals surface area contributed by atoms with Crippen LogP contribution in [-0.2, 0) is 16.6 Å². The number of hydrogen-bond acceptors (Lipinski definition) is 5. The van der Waals surface area contributed by atoms with E-state index in [4.69, 9.17) is 5.11 Å². The summed E-state index contributed by atoms with van der Waals surface area (Å²) in [6.45, 7) is 2.27. The Morgan fingerprint density at radius 1 is 1.43 bits per heavy atom. The van der Waals surface area contributed by atoms with Gasteiger partial charge in [-0.3, -0.25) is 9.67 Å². The summed E-state index contributed by atoms with van der Waals surface area (Å²) >= 11 is 0. The van der Waals surface area contributed by atoms with Gasteiger partial charge in [-0.15, -0.1) is 0 Å². The lowest BCUT2D eigenvalue weighted by atomic mass is 10.2. The van der Waals surface area contributed by atoms with E-state index in [2.05, 4.69) is 14.8 Å². The maximum atomic E-state index is 12.3. The minimum absolute atomic E-state index is 0.0399. The van der Waals surface area contributed by atoms with Crippen molar-refractivity contribution in [3.63, 3.8) is 0 Å². The van der Waals surface area contributed by atoms with Gasteiger partial charge in [-0.05, 0) is 25.0 Å². The fourth-order valence-electron chi connectivity index (χ4n) is 1.84. The van der Waals surface area contributed by atoms with Crippen LogP contribution in [0.5, 0.6) is 0 Å². The highest BCUT2D eigenvalue weighted by Gasteiger charge is 2.20. The quantitative estimate of drug-likeness (QED) is 0.784. The Bertz CT molecular complexity index is 670. The number of nitrogens with zero attached hydrogens (tertiary/aromatic N) is 3. The number of hydrogen-bond donors (Lipinski definition) is 2. The number of aryl methyl sites for hydroxylation is 1. The molecule has 2 rings (SSSR count). The lowest BCUT2D eigenvalue weighted by Gasteiger charge is -2.13. The maximum absolute atomic E-state index is 12.3. The molecule has 0 aromatic carbocycles. The molecule has 0 fully saturated rings. The van der Waals surface area contributed by atoms with E-state index in [0.29, 0.717) is 13.0 Å². The van der Waals surface area contributed by atoms with Crippen molar-refractivity contribution in [2.24, 2.45) is 0 Å². The van der Waals surface area contributed by atoms with Crippen molar-refractivity contribution < 1.29 is 13.5 Å². The third-order valence-corrected chi connectivity index (χ3v) is 4.48. The van der Waals surface area contributed by atoms with E-state index in [1.54, 1.807) is 25.4 Å². The zero-order valence-corrected chi connectivity index (χ0v) is 12.5. The molecule has 1 unspecified atom stereocenters. The van der Waals surface area contributed by atoms with Crippen LogP contribution in [0.3, 0.4) is 0 Å².